The number of hydrogen-bond acceptors (Lipinski definition) is 4. The van der Waals surface area contributed by atoms with Crippen molar-refractivity contribution in [2.24, 2.45) is 5.73 Å². The van der Waals surface area contributed by atoms with Gasteiger partial charge in [-0.05, 0) is 31.9 Å². The van der Waals surface area contributed by atoms with E-state index in [9.17, 15) is 0 Å². The van der Waals surface area contributed by atoms with Crippen molar-refractivity contribution in [3.05, 3.63) is 29.6 Å². The quantitative estimate of drug-likeness (QED) is 0.891. The van der Waals surface area contributed by atoms with Crippen LogP contribution < -0.4 is 5.73 Å². The summed E-state index contributed by atoms with van der Waals surface area (Å²) in [5.41, 5.74) is 8.32. The molecule has 0 bridgehead atoms. The van der Waals surface area contributed by atoms with Crippen molar-refractivity contribution < 1.29 is 0 Å². The van der Waals surface area contributed by atoms with Crippen LogP contribution in [0, 0.1) is 6.92 Å². The van der Waals surface area contributed by atoms with Crippen molar-refractivity contribution in [3.63, 3.8) is 0 Å². The molecule has 0 aromatic carbocycles. The number of nitrogens with zero attached hydrogens (tertiary/aromatic N) is 3. The van der Waals surface area contributed by atoms with E-state index in [1.165, 1.54) is 12.0 Å². The van der Waals surface area contributed by atoms with Gasteiger partial charge < -0.3 is 5.73 Å². The van der Waals surface area contributed by atoms with E-state index < -0.39 is 0 Å². The summed E-state index contributed by atoms with van der Waals surface area (Å²) < 4.78 is 0. The monoisotopic (exact) mass is 276 g/mol. The molecule has 0 radical (unpaired) electrons. The average molecular weight is 276 g/mol. The van der Waals surface area contributed by atoms with Crippen LogP contribution in [0.2, 0.25) is 0 Å². The molecule has 2 rings (SSSR count). The highest BCUT2D eigenvalue weighted by Crippen LogP contribution is 2.21. The lowest BCUT2D eigenvalue weighted by atomic mass is 10.1. The van der Waals surface area contributed by atoms with Gasteiger partial charge in [-0.1, -0.05) is 13.0 Å². The van der Waals surface area contributed by atoms with Crippen molar-refractivity contribution in [2.45, 2.75) is 39.3 Å². The Hall–Kier alpha value is -0.970. The summed E-state index contributed by atoms with van der Waals surface area (Å²) in [7, 11) is 0. The molecule has 1 fully saturated rings. The fourth-order valence-electron chi connectivity index (χ4n) is 2.92. The lowest BCUT2D eigenvalue weighted by Crippen LogP contribution is -2.51. The summed E-state index contributed by atoms with van der Waals surface area (Å²) in [6, 6.07) is 5.24. The fraction of sp³-hybridized carbons (Fsp3) is 0.688. The highest BCUT2D eigenvalue weighted by Gasteiger charge is 2.25. The van der Waals surface area contributed by atoms with E-state index in [0.717, 1.165) is 31.9 Å². The summed E-state index contributed by atoms with van der Waals surface area (Å²) in [5.74, 6) is 0. The van der Waals surface area contributed by atoms with Crippen LogP contribution in [-0.4, -0.2) is 53.5 Å². The Morgan fingerprint density at radius 1 is 1.20 bits per heavy atom. The third kappa shape index (κ3) is 3.57. The van der Waals surface area contributed by atoms with Crippen molar-refractivity contribution in [3.8, 4) is 0 Å². The van der Waals surface area contributed by atoms with Crippen LogP contribution in [0.3, 0.4) is 0 Å². The summed E-state index contributed by atoms with van der Waals surface area (Å²) in [5, 5.41) is 0. The Kier molecular flexibility index (Phi) is 5.52. The summed E-state index contributed by atoms with van der Waals surface area (Å²) in [6.45, 7) is 11.7. The molecule has 20 heavy (non-hydrogen) atoms. The number of rotatable bonds is 5. The van der Waals surface area contributed by atoms with Crippen LogP contribution in [-0.2, 0) is 0 Å². The SMILES string of the molecule is CCC(C)N1CCN(C(CN)c2ccc(C)nc2)CC1. The molecule has 0 spiro atoms. The predicted octanol–water partition coefficient (Wildman–Crippen LogP) is 1.81. The molecule has 1 aliphatic heterocycles. The summed E-state index contributed by atoms with van der Waals surface area (Å²) in [6.07, 6.45) is 3.20. The number of pyridine rings is 1. The van der Waals surface area contributed by atoms with Gasteiger partial charge in [-0.15, -0.1) is 0 Å². The van der Waals surface area contributed by atoms with E-state index in [2.05, 4.69) is 40.8 Å². The highest BCUT2D eigenvalue weighted by molar-refractivity contribution is 5.18. The van der Waals surface area contributed by atoms with Crippen LogP contribution in [0.5, 0.6) is 0 Å². The van der Waals surface area contributed by atoms with Crippen LogP contribution in [0.15, 0.2) is 18.3 Å². The zero-order valence-electron chi connectivity index (χ0n) is 13.0. The van der Waals surface area contributed by atoms with E-state index in [1.54, 1.807) is 0 Å². The van der Waals surface area contributed by atoms with E-state index in [4.69, 9.17) is 5.73 Å². The van der Waals surface area contributed by atoms with Crippen LogP contribution in [0.25, 0.3) is 0 Å². The molecule has 4 nitrogen and oxygen atoms in total. The smallest absolute Gasteiger partial charge is 0.0486 e. The first-order valence-corrected chi connectivity index (χ1v) is 7.76. The van der Waals surface area contributed by atoms with E-state index in [0.29, 0.717) is 18.6 Å². The van der Waals surface area contributed by atoms with Gasteiger partial charge in [0, 0.05) is 56.7 Å². The molecule has 1 aromatic rings. The number of aromatic nitrogens is 1. The fourth-order valence-corrected chi connectivity index (χ4v) is 2.92. The lowest BCUT2D eigenvalue weighted by molar-refractivity contribution is 0.0742. The maximum absolute atomic E-state index is 6.01. The maximum atomic E-state index is 6.01. The van der Waals surface area contributed by atoms with Crippen molar-refractivity contribution >= 4 is 0 Å². The molecule has 112 valence electrons. The minimum atomic E-state index is 0.308. The molecule has 1 aromatic heterocycles. The van der Waals surface area contributed by atoms with Crippen LogP contribution >= 0.6 is 0 Å². The Balaban J connectivity index is 1.98. The highest BCUT2D eigenvalue weighted by atomic mass is 15.3. The number of nitrogens with two attached hydrogens (primary N) is 1. The molecule has 1 aliphatic rings. The van der Waals surface area contributed by atoms with Gasteiger partial charge in [0.15, 0.2) is 0 Å². The maximum Gasteiger partial charge on any atom is 0.0486 e. The molecular weight excluding hydrogens is 248 g/mol. The zero-order valence-corrected chi connectivity index (χ0v) is 13.0. The largest absolute Gasteiger partial charge is 0.329 e. The van der Waals surface area contributed by atoms with Crippen molar-refractivity contribution in [1.29, 1.82) is 0 Å². The lowest BCUT2D eigenvalue weighted by Gasteiger charge is -2.41. The van der Waals surface area contributed by atoms with Gasteiger partial charge in [0.25, 0.3) is 0 Å². The molecule has 0 amide bonds. The predicted molar refractivity (Wildman–Crippen MR) is 83.7 cm³/mol. The van der Waals surface area contributed by atoms with Crippen molar-refractivity contribution in [1.82, 2.24) is 14.8 Å². The van der Waals surface area contributed by atoms with Gasteiger partial charge in [-0.2, -0.15) is 0 Å². The molecule has 0 saturated carbocycles. The molecular formula is C16H28N4. The molecule has 2 N–H and O–H groups in total. The van der Waals surface area contributed by atoms with E-state index >= 15 is 0 Å². The van der Waals surface area contributed by atoms with Gasteiger partial charge in [-0.25, -0.2) is 0 Å². The first-order valence-electron chi connectivity index (χ1n) is 7.76. The second kappa shape index (κ2) is 7.16. The standard InChI is InChI=1S/C16H28N4/c1-4-14(3)19-7-9-20(10-8-19)16(11-17)15-6-5-13(2)18-12-15/h5-6,12,14,16H,4,7-11,17H2,1-3H3. The van der Waals surface area contributed by atoms with E-state index in [1.807, 2.05) is 13.1 Å². The first kappa shape index (κ1) is 15.4. The van der Waals surface area contributed by atoms with Gasteiger partial charge in [0.2, 0.25) is 0 Å². The topological polar surface area (TPSA) is 45.4 Å². The Morgan fingerprint density at radius 2 is 1.85 bits per heavy atom. The van der Waals surface area contributed by atoms with Gasteiger partial charge >= 0.3 is 0 Å². The van der Waals surface area contributed by atoms with Crippen LogP contribution in [0.4, 0.5) is 0 Å². The summed E-state index contributed by atoms with van der Waals surface area (Å²) >= 11 is 0. The molecule has 0 aliphatic carbocycles. The average Bonchev–Trinajstić information content (AvgIpc) is 2.50. The molecule has 1 saturated heterocycles. The zero-order chi connectivity index (χ0) is 14.5. The molecule has 2 unspecified atom stereocenters. The third-order valence-electron chi connectivity index (χ3n) is 4.55. The minimum absolute atomic E-state index is 0.308. The minimum Gasteiger partial charge on any atom is -0.329 e. The van der Waals surface area contributed by atoms with Gasteiger partial charge in [0.1, 0.15) is 0 Å². The second-order valence-corrected chi connectivity index (χ2v) is 5.81. The van der Waals surface area contributed by atoms with Gasteiger partial charge in [0.05, 0.1) is 0 Å². The summed E-state index contributed by atoms with van der Waals surface area (Å²) in [4.78, 5) is 9.49. The third-order valence-corrected chi connectivity index (χ3v) is 4.55. The normalized spacial score (nSPS) is 20.8. The first-order chi connectivity index (χ1) is 9.65. The number of aryl methyl sites for hydroxylation is 1. The second-order valence-electron chi connectivity index (χ2n) is 5.81. The Labute approximate surface area is 123 Å². The number of piperazine rings is 1. The van der Waals surface area contributed by atoms with E-state index in [-0.39, 0.29) is 0 Å². The number of hydrogen-bond donors (Lipinski definition) is 1. The Morgan fingerprint density at radius 3 is 2.35 bits per heavy atom. The van der Waals surface area contributed by atoms with Gasteiger partial charge in [-0.3, -0.25) is 14.8 Å². The van der Waals surface area contributed by atoms with Crippen molar-refractivity contribution in [2.75, 3.05) is 32.7 Å². The van der Waals surface area contributed by atoms with Crippen LogP contribution in [0.1, 0.15) is 37.6 Å². The Bertz CT molecular complexity index is 395. The molecule has 4 heteroatoms. The molecule has 2 atom stereocenters. The molecule has 2 heterocycles.